The fourth-order valence-corrected chi connectivity index (χ4v) is 2.95. The molecule has 0 saturated carbocycles. The summed E-state index contributed by atoms with van der Waals surface area (Å²) in [7, 11) is 0. The van der Waals surface area contributed by atoms with Gasteiger partial charge in [-0.15, -0.1) is 11.3 Å². The zero-order valence-corrected chi connectivity index (χ0v) is 12.9. The molecular formula is C16H21NO2S. The fraction of sp³-hybridized carbons (Fsp3) is 0.438. The van der Waals surface area contributed by atoms with E-state index in [-0.39, 0.29) is 6.61 Å². The average Bonchev–Trinajstić information content (AvgIpc) is 2.89. The van der Waals surface area contributed by atoms with Crippen molar-refractivity contribution in [2.24, 2.45) is 0 Å². The van der Waals surface area contributed by atoms with Crippen LogP contribution >= 0.6 is 11.3 Å². The summed E-state index contributed by atoms with van der Waals surface area (Å²) in [6.07, 6.45) is 2.97. The molecule has 1 N–H and O–H groups in total. The van der Waals surface area contributed by atoms with Crippen molar-refractivity contribution in [3.05, 3.63) is 34.8 Å². The van der Waals surface area contributed by atoms with Crippen LogP contribution in [0.4, 0.5) is 0 Å². The van der Waals surface area contributed by atoms with Gasteiger partial charge in [0.15, 0.2) is 0 Å². The Kier molecular flexibility index (Phi) is 5.56. The Labute approximate surface area is 124 Å². The molecule has 0 amide bonds. The summed E-state index contributed by atoms with van der Waals surface area (Å²) in [6, 6.07) is 8.01. The average molecular weight is 291 g/mol. The number of aryl methyl sites for hydroxylation is 1. The number of thiazole rings is 1. The second kappa shape index (κ2) is 7.41. The standard InChI is InChI=1S/C16H21NO2S/c1-3-5-14-15(11-18)20-16(17-14)12-6-8-13(9-7-12)19-10-4-2/h6-9,18H,3-5,10-11H2,1-2H3. The second-order valence-corrected chi connectivity index (χ2v) is 5.75. The summed E-state index contributed by atoms with van der Waals surface area (Å²) in [4.78, 5) is 5.63. The van der Waals surface area contributed by atoms with Crippen LogP contribution < -0.4 is 4.74 Å². The van der Waals surface area contributed by atoms with Gasteiger partial charge in [-0.3, -0.25) is 0 Å². The lowest BCUT2D eigenvalue weighted by molar-refractivity contribution is 0.284. The highest BCUT2D eigenvalue weighted by atomic mass is 32.1. The first kappa shape index (κ1) is 15.0. The first-order chi connectivity index (χ1) is 9.78. The minimum Gasteiger partial charge on any atom is -0.494 e. The van der Waals surface area contributed by atoms with Crippen molar-refractivity contribution in [3.8, 4) is 16.3 Å². The molecule has 0 saturated heterocycles. The Balaban J connectivity index is 2.18. The third-order valence-electron chi connectivity index (χ3n) is 2.98. The molecule has 0 aliphatic rings. The molecule has 4 heteroatoms. The molecule has 0 aliphatic heterocycles. The van der Waals surface area contributed by atoms with E-state index in [1.165, 1.54) is 0 Å². The summed E-state index contributed by atoms with van der Waals surface area (Å²) in [5.74, 6) is 0.892. The van der Waals surface area contributed by atoms with E-state index in [2.05, 4.69) is 18.8 Å². The smallest absolute Gasteiger partial charge is 0.123 e. The largest absolute Gasteiger partial charge is 0.494 e. The van der Waals surface area contributed by atoms with E-state index in [0.717, 1.165) is 52.8 Å². The van der Waals surface area contributed by atoms with Crippen LogP contribution in [0.15, 0.2) is 24.3 Å². The molecule has 0 atom stereocenters. The zero-order chi connectivity index (χ0) is 14.4. The van der Waals surface area contributed by atoms with Crippen molar-refractivity contribution in [2.75, 3.05) is 6.61 Å². The number of rotatable bonds is 7. The number of hydrogen-bond acceptors (Lipinski definition) is 4. The summed E-state index contributed by atoms with van der Waals surface area (Å²) < 4.78 is 5.58. The minimum absolute atomic E-state index is 0.0741. The van der Waals surface area contributed by atoms with Gasteiger partial charge in [-0.1, -0.05) is 20.3 Å². The lowest BCUT2D eigenvalue weighted by Gasteiger charge is -2.04. The van der Waals surface area contributed by atoms with E-state index in [9.17, 15) is 5.11 Å². The van der Waals surface area contributed by atoms with Crippen molar-refractivity contribution in [3.63, 3.8) is 0 Å². The van der Waals surface area contributed by atoms with Gasteiger partial charge < -0.3 is 9.84 Å². The highest BCUT2D eigenvalue weighted by molar-refractivity contribution is 7.15. The van der Waals surface area contributed by atoms with Crippen molar-refractivity contribution in [1.29, 1.82) is 0 Å². The number of aromatic nitrogens is 1. The minimum atomic E-state index is 0.0741. The predicted octanol–water partition coefficient (Wildman–Crippen LogP) is 4.04. The van der Waals surface area contributed by atoms with Crippen molar-refractivity contribution in [2.45, 2.75) is 39.7 Å². The normalized spacial score (nSPS) is 10.8. The van der Waals surface area contributed by atoms with Gasteiger partial charge in [-0.2, -0.15) is 0 Å². The third kappa shape index (κ3) is 3.58. The Bertz CT molecular complexity index is 534. The van der Waals surface area contributed by atoms with Crippen molar-refractivity contribution >= 4 is 11.3 Å². The van der Waals surface area contributed by atoms with Crippen LogP contribution in [-0.4, -0.2) is 16.7 Å². The molecule has 20 heavy (non-hydrogen) atoms. The van der Waals surface area contributed by atoms with Crippen LogP contribution in [0.5, 0.6) is 5.75 Å². The molecule has 2 aromatic rings. The van der Waals surface area contributed by atoms with E-state index in [0.29, 0.717) is 0 Å². The number of hydrogen-bond donors (Lipinski definition) is 1. The van der Waals surface area contributed by atoms with Crippen LogP contribution in [0.1, 0.15) is 37.3 Å². The van der Waals surface area contributed by atoms with E-state index in [4.69, 9.17) is 4.74 Å². The van der Waals surface area contributed by atoms with Gasteiger partial charge in [0.1, 0.15) is 10.8 Å². The van der Waals surface area contributed by atoms with E-state index in [1.54, 1.807) is 11.3 Å². The van der Waals surface area contributed by atoms with Gasteiger partial charge in [-0.05, 0) is 37.1 Å². The van der Waals surface area contributed by atoms with Gasteiger partial charge in [0.2, 0.25) is 0 Å². The summed E-state index contributed by atoms with van der Waals surface area (Å²) >= 11 is 1.57. The number of nitrogens with zero attached hydrogens (tertiary/aromatic N) is 1. The lowest BCUT2D eigenvalue weighted by atomic mass is 10.2. The highest BCUT2D eigenvalue weighted by Gasteiger charge is 2.11. The van der Waals surface area contributed by atoms with Gasteiger partial charge in [0, 0.05) is 5.56 Å². The molecular weight excluding hydrogens is 270 g/mol. The Morgan fingerprint density at radius 2 is 1.90 bits per heavy atom. The van der Waals surface area contributed by atoms with Crippen LogP contribution in [0, 0.1) is 0 Å². The Morgan fingerprint density at radius 3 is 2.50 bits per heavy atom. The number of aliphatic hydroxyl groups is 1. The number of ether oxygens (including phenoxy) is 1. The maximum atomic E-state index is 9.40. The van der Waals surface area contributed by atoms with Crippen LogP contribution in [0.25, 0.3) is 10.6 Å². The van der Waals surface area contributed by atoms with Crippen LogP contribution in [0.3, 0.4) is 0 Å². The van der Waals surface area contributed by atoms with E-state index in [1.807, 2.05) is 24.3 Å². The molecule has 0 radical (unpaired) electrons. The van der Waals surface area contributed by atoms with Gasteiger partial charge in [0.05, 0.1) is 23.8 Å². The summed E-state index contributed by atoms with van der Waals surface area (Å²) in [5, 5.41) is 10.4. The monoisotopic (exact) mass is 291 g/mol. The molecule has 2 rings (SSSR count). The highest BCUT2D eigenvalue weighted by Crippen LogP contribution is 2.30. The van der Waals surface area contributed by atoms with Crippen molar-refractivity contribution in [1.82, 2.24) is 4.98 Å². The molecule has 108 valence electrons. The number of benzene rings is 1. The molecule has 1 aromatic heterocycles. The second-order valence-electron chi connectivity index (χ2n) is 4.67. The first-order valence-electron chi connectivity index (χ1n) is 7.11. The summed E-state index contributed by atoms with van der Waals surface area (Å²) in [5.41, 5.74) is 2.11. The quantitative estimate of drug-likeness (QED) is 0.837. The molecule has 0 bridgehead atoms. The van der Waals surface area contributed by atoms with Gasteiger partial charge in [0.25, 0.3) is 0 Å². The van der Waals surface area contributed by atoms with Crippen LogP contribution in [0.2, 0.25) is 0 Å². The van der Waals surface area contributed by atoms with E-state index >= 15 is 0 Å². The maximum absolute atomic E-state index is 9.40. The summed E-state index contributed by atoms with van der Waals surface area (Å²) in [6.45, 7) is 5.03. The molecule has 0 spiro atoms. The molecule has 0 unspecified atom stereocenters. The zero-order valence-electron chi connectivity index (χ0n) is 12.1. The maximum Gasteiger partial charge on any atom is 0.123 e. The van der Waals surface area contributed by atoms with Crippen molar-refractivity contribution < 1.29 is 9.84 Å². The molecule has 3 nitrogen and oxygen atoms in total. The first-order valence-corrected chi connectivity index (χ1v) is 7.92. The molecule has 1 aromatic carbocycles. The molecule has 1 heterocycles. The SMILES string of the molecule is CCCOc1ccc(-c2nc(CCC)c(CO)s2)cc1. The third-order valence-corrected chi connectivity index (χ3v) is 4.11. The van der Waals surface area contributed by atoms with Gasteiger partial charge >= 0.3 is 0 Å². The molecule has 0 fully saturated rings. The predicted molar refractivity (Wildman–Crippen MR) is 83.3 cm³/mol. The number of aliphatic hydroxyl groups excluding tert-OH is 1. The Morgan fingerprint density at radius 1 is 1.15 bits per heavy atom. The lowest BCUT2D eigenvalue weighted by Crippen LogP contribution is -1.94. The Hall–Kier alpha value is -1.39. The topological polar surface area (TPSA) is 42.4 Å². The fourth-order valence-electron chi connectivity index (χ4n) is 1.98. The van der Waals surface area contributed by atoms with Gasteiger partial charge in [-0.25, -0.2) is 4.98 Å². The molecule has 0 aliphatic carbocycles. The van der Waals surface area contributed by atoms with E-state index < -0.39 is 0 Å². The van der Waals surface area contributed by atoms with Crippen LogP contribution in [-0.2, 0) is 13.0 Å².